The summed E-state index contributed by atoms with van der Waals surface area (Å²) in [5.74, 6) is -1.60. The second-order valence-corrected chi connectivity index (χ2v) is 4.47. The zero-order valence-electron chi connectivity index (χ0n) is 8.73. The first kappa shape index (κ1) is 12.1. The summed E-state index contributed by atoms with van der Waals surface area (Å²) in [4.78, 5) is 23.1. The summed E-state index contributed by atoms with van der Waals surface area (Å²) in [5.41, 5.74) is -1.08. The first-order valence-electron chi connectivity index (χ1n) is 4.92. The molecule has 6 nitrogen and oxygen atoms in total. The van der Waals surface area contributed by atoms with Crippen LogP contribution in [-0.2, 0) is 9.53 Å². The number of carbonyl (C=O) groups excluding carboxylic acids is 1. The van der Waals surface area contributed by atoms with Gasteiger partial charge in [-0.05, 0) is 22.0 Å². The molecule has 0 radical (unpaired) electrons. The number of carbonyl (C=O) groups is 2. The van der Waals surface area contributed by atoms with Crippen molar-refractivity contribution in [2.24, 2.45) is 0 Å². The van der Waals surface area contributed by atoms with Gasteiger partial charge < -0.3 is 19.6 Å². The highest BCUT2D eigenvalue weighted by Crippen LogP contribution is 2.22. The summed E-state index contributed by atoms with van der Waals surface area (Å²) >= 11 is 3.06. The Morgan fingerprint density at radius 1 is 1.53 bits per heavy atom. The van der Waals surface area contributed by atoms with Crippen molar-refractivity contribution in [3.05, 3.63) is 22.6 Å². The molecule has 1 amide bonds. The van der Waals surface area contributed by atoms with E-state index >= 15 is 0 Å². The maximum Gasteiger partial charge on any atom is 0.331 e. The average molecular weight is 304 g/mol. The number of ether oxygens (including phenoxy) is 1. The smallest absolute Gasteiger partial charge is 0.331 e. The highest BCUT2D eigenvalue weighted by molar-refractivity contribution is 9.10. The Hall–Kier alpha value is -1.34. The minimum Gasteiger partial charge on any atom is -0.479 e. The molecule has 1 saturated heterocycles. The van der Waals surface area contributed by atoms with Crippen molar-refractivity contribution in [3.63, 3.8) is 0 Å². The maximum atomic E-state index is 11.9. The van der Waals surface area contributed by atoms with Crippen molar-refractivity contribution in [2.45, 2.75) is 12.0 Å². The van der Waals surface area contributed by atoms with E-state index in [-0.39, 0.29) is 23.3 Å². The van der Waals surface area contributed by atoms with Gasteiger partial charge in [0.2, 0.25) is 0 Å². The van der Waals surface area contributed by atoms with Crippen LogP contribution in [0.1, 0.15) is 16.8 Å². The molecule has 0 spiro atoms. The van der Waals surface area contributed by atoms with Crippen LogP contribution < -0.4 is 5.32 Å². The Balaban J connectivity index is 2.17. The lowest BCUT2D eigenvalue weighted by Crippen LogP contribution is -2.55. The quantitative estimate of drug-likeness (QED) is 0.870. The summed E-state index contributed by atoms with van der Waals surface area (Å²) < 4.78 is 10.2. The van der Waals surface area contributed by atoms with Gasteiger partial charge >= 0.3 is 5.97 Å². The van der Waals surface area contributed by atoms with Crippen LogP contribution >= 0.6 is 15.9 Å². The molecule has 0 aliphatic carbocycles. The largest absolute Gasteiger partial charge is 0.479 e. The lowest BCUT2D eigenvalue weighted by Gasteiger charge is -2.23. The van der Waals surface area contributed by atoms with E-state index in [4.69, 9.17) is 14.3 Å². The molecule has 2 rings (SSSR count). The van der Waals surface area contributed by atoms with Crippen LogP contribution in [0.15, 0.2) is 21.4 Å². The Morgan fingerprint density at radius 3 is 2.76 bits per heavy atom. The molecule has 1 atom stereocenters. The van der Waals surface area contributed by atoms with Crippen molar-refractivity contribution in [2.75, 3.05) is 13.2 Å². The number of amides is 1. The molecule has 0 aromatic carbocycles. The maximum absolute atomic E-state index is 11.9. The van der Waals surface area contributed by atoms with Gasteiger partial charge in [-0.2, -0.15) is 0 Å². The molecule has 17 heavy (non-hydrogen) atoms. The molecule has 1 fully saturated rings. The Labute approximate surface area is 105 Å². The number of nitrogens with one attached hydrogen (secondary N) is 1. The van der Waals surface area contributed by atoms with Crippen molar-refractivity contribution < 1.29 is 23.8 Å². The van der Waals surface area contributed by atoms with E-state index in [1.807, 2.05) is 0 Å². The van der Waals surface area contributed by atoms with Gasteiger partial charge in [0.25, 0.3) is 5.91 Å². The molecule has 7 heteroatoms. The van der Waals surface area contributed by atoms with Crippen LogP contribution in [0.4, 0.5) is 0 Å². The number of rotatable bonds is 3. The fourth-order valence-electron chi connectivity index (χ4n) is 1.63. The van der Waals surface area contributed by atoms with Crippen LogP contribution in [-0.4, -0.2) is 35.7 Å². The lowest BCUT2D eigenvalue weighted by atomic mass is 9.98. The van der Waals surface area contributed by atoms with Crippen molar-refractivity contribution in [3.8, 4) is 0 Å². The second kappa shape index (κ2) is 4.50. The third-order valence-corrected chi connectivity index (χ3v) is 3.26. The normalized spacial score (nSPS) is 23.6. The monoisotopic (exact) mass is 303 g/mol. The first-order valence-corrected chi connectivity index (χ1v) is 5.71. The highest BCUT2D eigenvalue weighted by Gasteiger charge is 2.44. The molecule has 1 aromatic rings. The van der Waals surface area contributed by atoms with E-state index in [0.717, 1.165) is 0 Å². The number of hydrogen-bond acceptors (Lipinski definition) is 4. The number of carboxylic acids is 1. The van der Waals surface area contributed by atoms with Gasteiger partial charge in [-0.3, -0.25) is 4.79 Å². The first-order chi connectivity index (χ1) is 8.05. The number of furan rings is 1. The predicted molar refractivity (Wildman–Crippen MR) is 59.7 cm³/mol. The predicted octanol–water partition coefficient (Wildman–Crippen LogP) is 1.02. The molecule has 1 aromatic heterocycles. The summed E-state index contributed by atoms with van der Waals surface area (Å²) in [5, 5.41) is 11.6. The average Bonchev–Trinajstić information content (AvgIpc) is 2.87. The van der Waals surface area contributed by atoms with Gasteiger partial charge in [0, 0.05) is 13.0 Å². The number of halogens is 1. The van der Waals surface area contributed by atoms with Gasteiger partial charge in [-0.15, -0.1) is 0 Å². The van der Waals surface area contributed by atoms with Crippen molar-refractivity contribution in [1.82, 2.24) is 5.32 Å². The summed E-state index contributed by atoms with van der Waals surface area (Å²) in [7, 11) is 0. The summed E-state index contributed by atoms with van der Waals surface area (Å²) in [6.07, 6.45) is 1.60. The summed E-state index contributed by atoms with van der Waals surface area (Å²) in [6.45, 7) is 0.294. The van der Waals surface area contributed by atoms with Gasteiger partial charge in [0.15, 0.2) is 10.2 Å². The number of carboxylic acid groups (broad SMARTS) is 1. The highest BCUT2D eigenvalue weighted by atomic mass is 79.9. The fourth-order valence-corrected chi connectivity index (χ4v) is 2.05. The second-order valence-electron chi connectivity index (χ2n) is 3.75. The van der Waals surface area contributed by atoms with Crippen molar-refractivity contribution >= 4 is 27.8 Å². The fraction of sp³-hybridized carbons (Fsp3) is 0.400. The van der Waals surface area contributed by atoms with Crippen LogP contribution in [0.2, 0.25) is 0 Å². The molecule has 1 unspecified atom stereocenters. The molecule has 92 valence electrons. The van der Waals surface area contributed by atoms with E-state index in [1.165, 1.54) is 12.3 Å². The Morgan fingerprint density at radius 2 is 2.29 bits per heavy atom. The molecule has 2 N–H and O–H groups in total. The SMILES string of the molecule is O=C(NC1(C(=O)O)CCOC1)c1ccoc1Br. The zero-order valence-corrected chi connectivity index (χ0v) is 10.3. The molecule has 2 heterocycles. The van der Waals surface area contributed by atoms with Crippen LogP contribution in [0.25, 0.3) is 0 Å². The number of aliphatic carboxylic acids is 1. The minimum atomic E-state index is -1.34. The van der Waals surface area contributed by atoms with E-state index < -0.39 is 17.4 Å². The third kappa shape index (κ3) is 2.20. The molecule has 1 aliphatic rings. The van der Waals surface area contributed by atoms with Gasteiger partial charge in [-0.25, -0.2) is 4.79 Å². The van der Waals surface area contributed by atoms with Gasteiger partial charge in [-0.1, -0.05) is 0 Å². The van der Waals surface area contributed by atoms with Crippen molar-refractivity contribution in [1.29, 1.82) is 0 Å². The third-order valence-electron chi connectivity index (χ3n) is 2.65. The Bertz CT molecular complexity index is 449. The minimum absolute atomic E-state index is 0.0243. The zero-order chi connectivity index (χ0) is 12.5. The van der Waals surface area contributed by atoms with E-state index in [1.54, 1.807) is 0 Å². The molecule has 1 aliphatic heterocycles. The van der Waals surface area contributed by atoms with Gasteiger partial charge in [0.05, 0.1) is 18.4 Å². The van der Waals surface area contributed by atoms with E-state index in [9.17, 15) is 9.59 Å². The van der Waals surface area contributed by atoms with Crippen LogP contribution in [0.5, 0.6) is 0 Å². The lowest BCUT2D eigenvalue weighted by molar-refractivity contribution is -0.144. The number of hydrogen-bond donors (Lipinski definition) is 2. The molecular formula is C10H10BrNO5. The van der Waals surface area contributed by atoms with E-state index in [2.05, 4.69) is 21.2 Å². The Kier molecular flexibility index (Phi) is 3.21. The molecular weight excluding hydrogens is 294 g/mol. The van der Waals surface area contributed by atoms with Crippen LogP contribution in [0.3, 0.4) is 0 Å². The standard InChI is InChI=1S/C10H10BrNO5/c11-7-6(1-3-17-7)8(13)12-10(9(14)15)2-4-16-5-10/h1,3H,2,4-5H2,(H,12,13)(H,14,15). The topological polar surface area (TPSA) is 88.8 Å². The molecule has 0 bridgehead atoms. The van der Waals surface area contributed by atoms with Crippen LogP contribution in [0, 0.1) is 0 Å². The molecule has 0 saturated carbocycles. The summed E-state index contributed by atoms with van der Waals surface area (Å²) in [6, 6.07) is 1.46. The van der Waals surface area contributed by atoms with E-state index in [0.29, 0.717) is 6.61 Å². The van der Waals surface area contributed by atoms with Gasteiger partial charge in [0.1, 0.15) is 0 Å².